The molecule has 1 unspecified atom stereocenters. The highest BCUT2D eigenvalue weighted by Crippen LogP contribution is 2.22. The third-order valence-corrected chi connectivity index (χ3v) is 3.13. The van der Waals surface area contributed by atoms with Crippen LogP contribution in [0.4, 0.5) is 4.39 Å². The maximum atomic E-state index is 13.1. The molecule has 7 heteroatoms. The van der Waals surface area contributed by atoms with Gasteiger partial charge in [-0.15, -0.1) is 0 Å². The molecule has 0 saturated carbocycles. The van der Waals surface area contributed by atoms with Crippen molar-refractivity contribution in [2.24, 2.45) is 7.05 Å². The molecule has 2 N–H and O–H groups in total. The first-order valence-electron chi connectivity index (χ1n) is 6.71. The molecule has 0 radical (unpaired) electrons. The summed E-state index contributed by atoms with van der Waals surface area (Å²) in [5.74, 6) is -1.79. The molecule has 2 aromatic rings. The number of amides is 1. The predicted molar refractivity (Wildman–Crippen MR) is 76.5 cm³/mol. The summed E-state index contributed by atoms with van der Waals surface area (Å²) in [4.78, 5) is 22.4. The monoisotopic (exact) mass is 305 g/mol. The zero-order valence-corrected chi connectivity index (χ0v) is 12.0. The number of carbonyl (C=O) groups excluding carboxylic acids is 1. The lowest BCUT2D eigenvalue weighted by atomic mass is 10.0. The number of rotatable bonds is 6. The summed E-state index contributed by atoms with van der Waals surface area (Å²) in [5.41, 5.74) is 1.43. The average Bonchev–Trinajstić information content (AvgIpc) is 2.90. The Morgan fingerprint density at radius 2 is 1.95 bits per heavy atom. The molecular weight excluding hydrogens is 289 g/mol. The number of aryl methyl sites for hydroxylation is 1. The van der Waals surface area contributed by atoms with Gasteiger partial charge in [0.05, 0.1) is 18.7 Å². The fourth-order valence-corrected chi connectivity index (χ4v) is 2.06. The molecule has 0 bridgehead atoms. The van der Waals surface area contributed by atoms with E-state index in [4.69, 9.17) is 5.11 Å². The number of carboxylic acids is 1. The fourth-order valence-electron chi connectivity index (χ4n) is 2.06. The highest BCUT2D eigenvalue weighted by Gasteiger charge is 2.19. The Hall–Kier alpha value is -2.70. The number of hydrogen-bond donors (Lipinski definition) is 2. The van der Waals surface area contributed by atoms with Gasteiger partial charge in [-0.05, 0) is 17.7 Å². The topological polar surface area (TPSA) is 84.2 Å². The number of hydrogen-bond acceptors (Lipinski definition) is 3. The molecule has 1 aromatic carbocycles. The summed E-state index contributed by atoms with van der Waals surface area (Å²) in [6, 6.07) is 5.26. The van der Waals surface area contributed by atoms with E-state index in [1.807, 2.05) is 0 Å². The van der Waals surface area contributed by atoms with Gasteiger partial charge in [0.15, 0.2) is 0 Å². The molecule has 6 nitrogen and oxygen atoms in total. The number of carboxylic acid groups (broad SMARTS) is 1. The number of nitrogens with zero attached hydrogens (tertiary/aromatic N) is 2. The van der Waals surface area contributed by atoms with Gasteiger partial charge < -0.3 is 10.4 Å². The maximum Gasteiger partial charge on any atom is 0.303 e. The molecule has 0 fully saturated rings. The minimum atomic E-state index is -1.03. The van der Waals surface area contributed by atoms with Crippen LogP contribution in [0.25, 0.3) is 0 Å². The molecule has 1 atom stereocenters. The first-order valence-corrected chi connectivity index (χ1v) is 6.71. The minimum absolute atomic E-state index is 0.118. The number of aliphatic carboxylic acids is 1. The SMILES string of the molecule is Cn1cc(C(NC(=O)CCC(=O)O)c2ccc(F)cc2)cn1. The summed E-state index contributed by atoms with van der Waals surface area (Å²) < 4.78 is 14.7. The first-order chi connectivity index (χ1) is 10.5. The molecule has 0 saturated heterocycles. The van der Waals surface area contributed by atoms with Crippen LogP contribution in [-0.4, -0.2) is 26.8 Å². The van der Waals surface area contributed by atoms with Crippen molar-refractivity contribution >= 4 is 11.9 Å². The van der Waals surface area contributed by atoms with Crippen LogP contribution in [0, 0.1) is 5.82 Å². The van der Waals surface area contributed by atoms with Gasteiger partial charge >= 0.3 is 5.97 Å². The van der Waals surface area contributed by atoms with Crippen LogP contribution in [0.1, 0.15) is 30.0 Å². The number of carbonyl (C=O) groups is 2. The largest absolute Gasteiger partial charge is 0.481 e. The highest BCUT2D eigenvalue weighted by molar-refractivity contribution is 5.81. The van der Waals surface area contributed by atoms with E-state index < -0.39 is 12.0 Å². The Bertz CT molecular complexity index is 667. The maximum absolute atomic E-state index is 13.1. The van der Waals surface area contributed by atoms with Crippen molar-refractivity contribution in [2.75, 3.05) is 0 Å². The predicted octanol–water partition coefficient (Wildman–Crippen LogP) is 1.63. The van der Waals surface area contributed by atoms with Crippen molar-refractivity contribution in [1.82, 2.24) is 15.1 Å². The van der Waals surface area contributed by atoms with Crippen molar-refractivity contribution in [3.63, 3.8) is 0 Å². The van der Waals surface area contributed by atoms with E-state index in [0.29, 0.717) is 5.56 Å². The molecule has 0 aliphatic carbocycles. The Balaban J connectivity index is 2.20. The van der Waals surface area contributed by atoms with Gasteiger partial charge in [0.2, 0.25) is 5.91 Å². The number of benzene rings is 1. The Labute approximate surface area is 126 Å². The molecule has 22 heavy (non-hydrogen) atoms. The highest BCUT2D eigenvalue weighted by atomic mass is 19.1. The molecule has 116 valence electrons. The van der Waals surface area contributed by atoms with Gasteiger partial charge in [-0.1, -0.05) is 12.1 Å². The Morgan fingerprint density at radius 3 is 2.50 bits per heavy atom. The van der Waals surface area contributed by atoms with E-state index in [-0.39, 0.29) is 24.6 Å². The number of aromatic nitrogens is 2. The van der Waals surface area contributed by atoms with Gasteiger partial charge in [0.1, 0.15) is 5.82 Å². The van der Waals surface area contributed by atoms with Crippen LogP contribution < -0.4 is 5.32 Å². The van der Waals surface area contributed by atoms with Crippen molar-refractivity contribution in [1.29, 1.82) is 0 Å². The van der Waals surface area contributed by atoms with Crippen molar-refractivity contribution in [3.05, 3.63) is 53.6 Å². The lowest BCUT2D eigenvalue weighted by molar-refractivity contribution is -0.138. The van der Waals surface area contributed by atoms with Gasteiger partial charge in [0, 0.05) is 25.2 Å². The quantitative estimate of drug-likeness (QED) is 0.849. The van der Waals surface area contributed by atoms with E-state index >= 15 is 0 Å². The van der Waals surface area contributed by atoms with Gasteiger partial charge in [-0.25, -0.2) is 4.39 Å². The molecule has 1 amide bonds. The second-order valence-electron chi connectivity index (χ2n) is 4.89. The van der Waals surface area contributed by atoms with Crippen molar-refractivity contribution < 1.29 is 19.1 Å². The van der Waals surface area contributed by atoms with Crippen LogP contribution in [0.15, 0.2) is 36.7 Å². The summed E-state index contributed by atoms with van der Waals surface area (Å²) >= 11 is 0. The van der Waals surface area contributed by atoms with E-state index in [1.165, 1.54) is 12.1 Å². The second kappa shape index (κ2) is 6.84. The summed E-state index contributed by atoms with van der Waals surface area (Å²) in [6.45, 7) is 0. The van der Waals surface area contributed by atoms with Crippen LogP contribution in [0.5, 0.6) is 0 Å². The fraction of sp³-hybridized carbons (Fsp3) is 0.267. The van der Waals surface area contributed by atoms with Crippen molar-refractivity contribution in [2.45, 2.75) is 18.9 Å². The first kappa shape index (κ1) is 15.7. The molecule has 2 rings (SSSR count). The van der Waals surface area contributed by atoms with Crippen LogP contribution in [0.2, 0.25) is 0 Å². The standard InChI is InChI=1S/C15H16FN3O3/c1-19-9-11(8-17-19)15(10-2-4-12(16)5-3-10)18-13(20)6-7-14(21)22/h2-5,8-9,15H,6-7H2,1H3,(H,18,20)(H,21,22). The van der Waals surface area contributed by atoms with Crippen LogP contribution in [-0.2, 0) is 16.6 Å². The van der Waals surface area contributed by atoms with Crippen molar-refractivity contribution in [3.8, 4) is 0 Å². The second-order valence-corrected chi connectivity index (χ2v) is 4.89. The molecule has 0 spiro atoms. The molecule has 0 aliphatic rings. The summed E-state index contributed by atoms with van der Waals surface area (Å²) in [5, 5.41) is 15.4. The Morgan fingerprint density at radius 1 is 1.27 bits per heavy atom. The third-order valence-electron chi connectivity index (χ3n) is 3.13. The third kappa shape index (κ3) is 4.15. The smallest absolute Gasteiger partial charge is 0.303 e. The lowest BCUT2D eigenvalue weighted by Crippen LogP contribution is -2.29. The molecular formula is C15H16FN3O3. The molecule has 1 heterocycles. The summed E-state index contributed by atoms with van der Waals surface area (Å²) in [6.07, 6.45) is 2.99. The van der Waals surface area contributed by atoms with E-state index in [0.717, 1.165) is 5.56 Å². The molecule has 0 aliphatic heterocycles. The Kier molecular flexibility index (Phi) is 4.88. The van der Waals surface area contributed by atoms with Crippen LogP contribution >= 0.6 is 0 Å². The zero-order valence-electron chi connectivity index (χ0n) is 12.0. The van der Waals surface area contributed by atoms with Gasteiger partial charge in [0.25, 0.3) is 0 Å². The van der Waals surface area contributed by atoms with Gasteiger partial charge in [-0.2, -0.15) is 5.10 Å². The lowest BCUT2D eigenvalue weighted by Gasteiger charge is -2.18. The number of nitrogens with one attached hydrogen (secondary N) is 1. The zero-order chi connectivity index (χ0) is 16.1. The minimum Gasteiger partial charge on any atom is -0.481 e. The normalized spacial score (nSPS) is 11.9. The van der Waals surface area contributed by atoms with Gasteiger partial charge in [-0.3, -0.25) is 14.3 Å². The molecule has 1 aromatic heterocycles. The van der Waals surface area contributed by atoms with E-state index in [1.54, 1.807) is 36.3 Å². The number of halogens is 1. The van der Waals surface area contributed by atoms with Crippen LogP contribution in [0.3, 0.4) is 0 Å². The average molecular weight is 305 g/mol. The van der Waals surface area contributed by atoms with E-state index in [9.17, 15) is 14.0 Å². The summed E-state index contributed by atoms with van der Waals surface area (Å²) in [7, 11) is 1.75. The van der Waals surface area contributed by atoms with E-state index in [2.05, 4.69) is 10.4 Å².